The summed E-state index contributed by atoms with van der Waals surface area (Å²) >= 11 is 0. The quantitative estimate of drug-likeness (QED) is 0.583. The van der Waals surface area contributed by atoms with Crippen LogP contribution < -0.4 is 5.32 Å². The minimum atomic E-state index is -1.53. The monoisotopic (exact) mass is 340 g/mol. The van der Waals surface area contributed by atoms with Gasteiger partial charge >= 0.3 is 5.69 Å². The molecule has 1 unspecified atom stereocenters. The molecule has 1 heterocycles. The summed E-state index contributed by atoms with van der Waals surface area (Å²) in [4.78, 5) is 21.6. The molecule has 128 valence electrons. The standard InChI is InChI=1S/C14H14F2N4O4/c15-10-2-1-3-11(16)14(10)12(21)7-17-13(22)4-5-19-8-9(6-18-19)20(23)24/h1-3,6,8,12,21H,4-5,7H2,(H,17,22). The Hall–Kier alpha value is -2.88. The third kappa shape index (κ3) is 4.32. The molecule has 1 aromatic carbocycles. The molecule has 0 aliphatic carbocycles. The summed E-state index contributed by atoms with van der Waals surface area (Å²) in [5.74, 6) is -2.30. The van der Waals surface area contributed by atoms with Gasteiger partial charge in [0.25, 0.3) is 0 Å². The number of nitro groups is 1. The minimum Gasteiger partial charge on any atom is -0.386 e. The lowest BCUT2D eigenvalue weighted by Crippen LogP contribution is -2.29. The predicted molar refractivity (Wildman–Crippen MR) is 77.8 cm³/mol. The van der Waals surface area contributed by atoms with Crippen LogP contribution >= 0.6 is 0 Å². The Morgan fingerprint density at radius 2 is 2.08 bits per heavy atom. The van der Waals surface area contributed by atoms with Crippen LogP contribution in [0.1, 0.15) is 18.1 Å². The first kappa shape index (κ1) is 17.5. The van der Waals surface area contributed by atoms with Crippen LogP contribution in [-0.2, 0) is 11.3 Å². The van der Waals surface area contributed by atoms with Crippen LogP contribution in [0.3, 0.4) is 0 Å². The molecule has 1 atom stereocenters. The highest BCUT2D eigenvalue weighted by Gasteiger charge is 2.18. The number of hydrogen-bond acceptors (Lipinski definition) is 5. The Morgan fingerprint density at radius 3 is 2.67 bits per heavy atom. The van der Waals surface area contributed by atoms with Gasteiger partial charge in [0.15, 0.2) is 0 Å². The Bertz CT molecular complexity index is 730. The smallest absolute Gasteiger partial charge is 0.306 e. The van der Waals surface area contributed by atoms with E-state index < -0.39 is 34.1 Å². The van der Waals surface area contributed by atoms with Gasteiger partial charge in [-0.05, 0) is 12.1 Å². The van der Waals surface area contributed by atoms with Gasteiger partial charge in [-0.3, -0.25) is 19.6 Å². The number of aliphatic hydroxyl groups is 1. The SMILES string of the molecule is O=C(CCn1cc([N+](=O)[O-])cn1)NCC(O)c1c(F)cccc1F. The number of aliphatic hydroxyl groups excluding tert-OH is 1. The molecule has 10 heteroatoms. The minimum absolute atomic E-state index is 0.0642. The van der Waals surface area contributed by atoms with E-state index in [1.54, 1.807) is 0 Å². The van der Waals surface area contributed by atoms with E-state index in [2.05, 4.69) is 10.4 Å². The van der Waals surface area contributed by atoms with Crippen molar-refractivity contribution in [1.82, 2.24) is 15.1 Å². The molecule has 0 radical (unpaired) electrons. The number of aryl methyl sites for hydroxylation is 1. The van der Waals surface area contributed by atoms with Crippen LogP contribution in [0.15, 0.2) is 30.6 Å². The second-order valence-electron chi connectivity index (χ2n) is 4.92. The van der Waals surface area contributed by atoms with E-state index >= 15 is 0 Å². The van der Waals surface area contributed by atoms with Crippen LogP contribution in [0.25, 0.3) is 0 Å². The van der Waals surface area contributed by atoms with Crippen molar-refractivity contribution in [2.24, 2.45) is 0 Å². The molecular formula is C14H14F2N4O4. The fraction of sp³-hybridized carbons (Fsp3) is 0.286. The first-order valence-electron chi connectivity index (χ1n) is 6.94. The Morgan fingerprint density at radius 1 is 1.42 bits per heavy atom. The van der Waals surface area contributed by atoms with Gasteiger partial charge in [-0.25, -0.2) is 8.78 Å². The zero-order valence-corrected chi connectivity index (χ0v) is 12.4. The van der Waals surface area contributed by atoms with Crippen LogP contribution in [0.5, 0.6) is 0 Å². The van der Waals surface area contributed by atoms with Gasteiger partial charge in [-0.1, -0.05) is 6.07 Å². The highest BCUT2D eigenvalue weighted by molar-refractivity contribution is 5.75. The molecule has 0 aliphatic rings. The van der Waals surface area contributed by atoms with Gasteiger partial charge < -0.3 is 10.4 Å². The van der Waals surface area contributed by atoms with Crippen LogP contribution in [-0.4, -0.2) is 32.3 Å². The zero-order valence-electron chi connectivity index (χ0n) is 12.4. The fourth-order valence-corrected chi connectivity index (χ4v) is 2.02. The first-order valence-corrected chi connectivity index (χ1v) is 6.94. The molecular weight excluding hydrogens is 326 g/mol. The zero-order chi connectivity index (χ0) is 17.7. The molecule has 8 nitrogen and oxygen atoms in total. The molecule has 0 saturated heterocycles. The van der Waals surface area contributed by atoms with E-state index in [9.17, 15) is 28.8 Å². The van der Waals surface area contributed by atoms with Gasteiger partial charge in [0.1, 0.15) is 30.1 Å². The predicted octanol–water partition coefficient (Wildman–Crippen LogP) is 1.31. The molecule has 2 rings (SSSR count). The van der Waals surface area contributed by atoms with Crippen molar-refractivity contribution >= 4 is 11.6 Å². The van der Waals surface area contributed by atoms with E-state index in [0.717, 1.165) is 18.3 Å². The summed E-state index contributed by atoms with van der Waals surface area (Å²) < 4.78 is 28.2. The van der Waals surface area contributed by atoms with Crippen molar-refractivity contribution < 1.29 is 23.6 Å². The van der Waals surface area contributed by atoms with Gasteiger partial charge in [-0.15, -0.1) is 0 Å². The van der Waals surface area contributed by atoms with E-state index in [1.165, 1.54) is 16.9 Å². The second-order valence-corrected chi connectivity index (χ2v) is 4.92. The molecule has 2 aromatic rings. The molecule has 24 heavy (non-hydrogen) atoms. The third-order valence-corrected chi connectivity index (χ3v) is 3.22. The van der Waals surface area contributed by atoms with Crippen molar-refractivity contribution in [3.8, 4) is 0 Å². The lowest BCUT2D eigenvalue weighted by molar-refractivity contribution is -0.385. The number of carbonyl (C=O) groups is 1. The van der Waals surface area contributed by atoms with Gasteiger partial charge in [-0.2, -0.15) is 5.10 Å². The normalized spacial score (nSPS) is 12.0. The van der Waals surface area contributed by atoms with Crippen molar-refractivity contribution in [2.45, 2.75) is 19.1 Å². The number of rotatable bonds is 7. The first-order chi connectivity index (χ1) is 11.4. The number of hydrogen-bond donors (Lipinski definition) is 2. The number of nitrogens with zero attached hydrogens (tertiary/aromatic N) is 3. The number of halogens is 2. The average Bonchev–Trinajstić information content (AvgIpc) is 3.00. The molecule has 0 aliphatic heterocycles. The number of amides is 1. The van der Waals surface area contributed by atoms with E-state index in [0.29, 0.717) is 0 Å². The summed E-state index contributed by atoms with van der Waals surface area (Å²) in [6.07, 6.45) is 0.644. The summed E-state index contributed by atoms with van der Waals surface area (Å²) in [6, 6.07) is 3.19. The van der Waals surface area contributed by atoms with Crippen LogP contribution in [0, 0.1) is 21.7 Å². The van der Waals surface area contributed by atoms with Crippen molar-refractivity contribution in [2.75, 3.05) is 6.54 Å². The molecule has 1 amide bonds. The van der Waals surface area contributed by atoms with Crippen molar-refractivity contribution in [3.05, 3.63) is 57.9 Å². The Kier molecular flexibility index (Phi) is 5.53. The molecule has 2 N–H and O–H groups in total. The van der Waals surface area contributed by atoms with Gasteiger partial charge in [0, 0.05) is 19.5 Å². The molecule has 0 saturated carbocycles. The van der Waals surface area contributed by atoms with E-state index in [-0.39, 0.29) is 25.2 Å². The molecule has 0 bridgehead atoms. The topological polar surface area (TPSA) is 110 Å². The molecule has 1 aromatic heterocycles. The maximum absolute atomic E-state index is 13.5. The fourth-order valence-electron chi connectivity index (χ4n) is 2.02. The highest BCUT2D eigenvalue weighted by Crippen LogP contribution is 2.19. The number of carbonyl (C=O) groups excluding carboxylic acids is 1. The maximum atomic E-state index is 13.5. The number of benzene rings is 1. The third-order valence-electron chi connectivity index (χ3n) is 3.22. The number of aromatic nitrogens is 2. The summed E-state index contributed by atoms with van der Waals surface area (Å²) in [6.45, 7) is -0.278. The lowest BCUT2D eigenvalue weighted by atomic mass is 10.1. The second kappa shape index (κ2) is 7.59. The lowest BCUT2D eigenvalue weighted by Gasteiger charge is -2.13. The molecule has 0 fully saturated rings. The largest absolute Gasteiger partial charge is 0.386 e. The summed E-state index contributed by atoms with van der Waals surface area (Å²) in [7, 11) is 0. The maximum Gasteiger partial charge on any atom is 0.306 e. The van der Waals surface area contributed by atoms with Crippen molar-refractivity contribution in [3.63, 3.8) is 0 Å². The summed E-state index contributed by atoms with van der Waals surface area (Å²) in [5, 5.41) is 26.4. The average molecular weight is 340 g/mol. The van der Waals surface area contributed by atoms with Crippen LogP contribution in [0.4, 0.5) is 14.5 Å². The van der Waals surface area contributed by atoms with Gasteiger partial charge in [0.2, 0.25) is 5.91 Å². The summed E-state index contributed by atoms with van der Waals surface area (Å²) in [5.41, 5.74) is -0.707. The number of nitrogens with one attached hydrogen (secondary N) is 1. The van der Waals surface area contributed by atoms with E-state index in [1.807, 2.05) is 0 Å². The van der Waals surface area contributed by atoms with Crippen LogP contribution in [0.2, 0.25) is 0 Å². The molecule has 0 spiro atoms. The van der Waals surface area contributed by atoms with Crippen molar-refractivity contribution in [1.29, 1.82) is 0 Å². The van der Waals surface area contributed by atoms with E-state index in [4.69, 9.17) is 0 Å². The Balaban J connectivity index is 1.83. The highest BCUT2D eigenvalue weighted by atomic mass is 19.1. The Labute approximate surface area is 134 Å². The van der Waals surface area contributed by atoms with Gasteiger partial charge in [0.05, 0.1) is 10.5 Å².